The predicted octanol–water partition coefficient (Wildman–Crippen LogP) is 5.28. The molecule has 0 saturated heterocycles. The van der Waals surface area contributed by atoms with Gasteiger partial charge in [-0.1, -0.05) is 34.1 Å². The monoisotopic (exact) mass is 378 g/mol. The van der Waals surface area contributed by atoms with Gasteiger partial charge in [0, 0.05) is 4.47 Å². The van der Waals surface area contributed by atoms with Crippen molar-refractivity contribution in [3.8, 4) is 5.75 Å². The predicted molar refractivity (Wildman–Crippen MR) is 93.6 cm³/mol. The number of hydrogen-bond donors (Lipinski definition) is 1. The molecule has 0 fully saturated rings. The highest BCUT2D eigenvalue weighted by molar-refractivity contribution is 9.10. The second kappa shape index (κ2) is 6.62. The molecule has 0 amide bonds. The van der Waals surface area contributed by atoms with Crippen molar-refractivity contribution in [2.45, 2.75) is 18.2 Å². The Labute approximate surface area is 141 Å². The van der Waals surface area contributed by atoms with E-state index in [0.717, 1.165) is 32.5 Å². The third-order valence-corrected chi connectivity index (χ3v) is 4.65. The van der Waals surface area contributed by atoms with Gasteiger partial charge in [0.25, 0.3) is 0 Å². The fourth-order valence-electron chi connectivity index (χ4n) is 2.11. The molecular weight excluding hydrogens is 364 g/mol. The van der Waals surface area contributed by atoms with Crippen LogP contribution in [0.5, 0.6) is 5.75 Å². The van der Waals surface area contributed by atoms with Crippen molar-refractivity contribution >= 4 is 44.7 Å². The Morgan fingerprint density at radius 1 is 1.27 bits per heavy atom. The van der Waals surface area contributed by atoms with Gasteiger partial charge >= 0.3 is 0 Å². The third kappa shape index (κ3) is 3.08. The largest absolute Gasteiger partial charge is 0.496 e. The number of anilines is 1. The molecule has 0 aliphatic heterocycles. The molecule has 1 aromatic heterocycles. The number of benzene rings is 2. The van der Waals surface area contributed by atoms with Crippen LogP contribution in [-0.4, -0.2) is 12.3 Å². The second-order valence-electron chi connectivity index (χ2n) is 4.71. The number of nitrogens with zero attached hydrogens (tertiary/aromatic N) is 1. The summed E-state index contributed by atoms with van der Waals surface area (Å²) in [4.78, 5) is 1.02. The van der Waals surface area contributed by atoms with Crippen LogP contribution in [0.4, 0.5) is 5.82 Å². The number of halogens is 1. The minimum Gasteiger partial charge on any atom is -0.496 e. The molecule has 1 heterocycles. The number of aromatic nitrogens is 1. The van der Waals surface area contributed by atoms with Gasteiger partial charge in [0.2, 0.25) is 0 Å². The summed E-state index contributed by atoms with van der Waals surface area (Å²) in [5.74, 6) is 1.54. The summed E-state index contributed by atoms with van der Waals surface area (Å²) in [6.45, 7) is 2.13. The summed E-state index contributed by atoms with van der Waals surface area (Å²) in [6.07, 6.45) is 0.984. The SMILES string of the molecule is CCc1ccc(OC)c(SNc2noc3ccc(Br)cc23)c1. The van der Waals surface area contributed by atoms with Crippen LogP contribution >= 0.6 is 27.9 Å². The fourth-order valence-corrected chi connectivity index (χ4v) is 3.29. The van der Waals surface area contributed by atoms with Crippen LogP contribution < -0.4 is 9.46 Å². The molecule has 3 rings (SSSR count). The topological polar surface area (TPSA) is 47.3 Å². The number of fused-ring (bicyclic) bond motifs is 1. The number of rotatable bonds is 5. The van der Waals surface area contributed by atoms with E-state index in [2.05, 4.69) is 44.9 Å². The van der Waals surface area contributed by atoms with Crippen molar-refractivity contribution in [3.63, 3.8) is 0 Å². The molecule has 114 valence electrons. The summed E-state index contributed by atoms with van der Waals surface area (Å²) in [6, 6.07) is 12.0. The number of ether oxygens (including phenoxy) is 1. The highest BCUT2D eigenvalue weighted by Gasteiger charge is 2.11. The second-order valence-corrected chi connectivity index (χ2v) is 6.48. The number of methoxy groups -OCH3 is 1. The van der Waals surface area contributed by atoms with Crippen molar-refractivity contribution in [1.29, 1.82) is 0 Å². The van der Waals surface area contributed by atoms with E-state index >= 15 is 0 Å². The molecule has 0 aliphatic carbocycles. The molecule has 1 N–H and O–H groups in total. The van der Waals surface area contributed by atoms with Crippen molar-refractivity contribution in [3.05, 3.63) is 46.4 Å². The van der Waals surface area contributed by atoms with Crippen molar-refractivity contribution in [2.24, 2.45) is 0 Å². The van der Waals surface area contributed by atoms with E-state index in [9.17, 15) is 0 Å². The zero-order valence-electron chi connectivity index (χ0n) is 12.2. The zero-order valence-corrected chi connectivity index (χ0v) is 14.6. The Morgan fingerprint density at radius 2 is 2.14 bits per heavy atom. The van der Waals surface area contributed by atoms with Gasteiger partial charge in [0.1, 0.15) is 5.75 Å². The molecule has 0 aliphatic rings. The fraction of sp³-hybridized carbons (Fsp3) is 0.188. The molecule has 0 spiro atoms. The zero-order chi connectivity index (χ0) is 15.5. The van der Waals surface area contributed by atoms with E-state index in [-0.39, 0.29) is 0 Å². The lowest BCUT2D eigenvalue weighted by atomic mass is 10.2. The molecule has 2 aromatic carbocycles. The highest BCUT2D eigenvalue weighted by atomic mass is 79.9. The Bertz CT molecular complexity index is 804. The summed E-state index contributed by atoms with van der Waals surface area (Å²) < 4.78 is 15.0. The Hall–Kier alpha value is -1.66. The van der Waals surface area contributed by atoms with E-state index in [0.29, 0.717) is 5.82 Å². The number of nitrogens with one attached hydrogen (secondary N) is 1. The van der Waals surface area contributed by atoms with Crippen LogP contribution in [0.15, 0.2) is 50.3 Å². The van der Waals surface area contributed by atoms with Gasteiger partial charge in [0.05, 0.1) is 17.4 Å². The van der Waals surface area contributed by atoms with Crippen LogP contribution in [0.1, 0.15) is 12.5 Å². The first kappa shape index (κ1) is 15.2. The molecule has 6 heteroatoms. The summed E-state index contributed by atoms with van der Waals surface area (Å²) in [5, 5.41) is 5.02. The molecule has 0 radical (unpaired) electrons. The minimum atomic E-state index is 0.699. The van der Waals surface area contributed by atoms with Gasteiger partial charge < -0.3 is 14.0 Å². The number of aryl methyl sites for hydroxylation is 1. The third-order valence-electron chi connectivity index (χ3n) is 3.33. The first-order chi connectivity index (χ1) is 10.7. The Balaban J connectivity index is 1.86. The summed E-state index contributed by atoms with van der Waals surface area (Å²) in [5.41, 5.74) is 2.01. The number of hydrogen-bond acceptors (Lipinski definition) is 5. The molecule has 0 unspecified atom stereocenters. The standard InChI is InChI=1S/C16H15BrN2O2S/c1-3-10-4-6-14(20-2)15(8-10)22-19-16-12-9-11(17)5-7-13(12)21-18-16/h4-9H,3H2,1-2H3,(H,18,19). The van der Waals surface area contributed by atoms with Crippen molar-refractivity contribution in [2.75, 3.05) is 11.8 Å². The van der Waals surface area contributed by atoms with Gasteiger partial charge in [0.15, 0.2) is 11.4 Å². The lowest BCUT2D eigenvalue weighted by Crippen LogP contribution is -1.93. The molecule has 22 heavy (non-hydrogen) atoms. The quantitative estimate of drug-likeness (QED) is 0.611. The van der Waals surface area contributed by atoms with Gasteiger partial charge in [-0.05, 0) is 54.3 Å². The molecular formula is C16H15BrN2O2S. The Morgan fingerprint density at radius 3 is 2.91 bits per heavy atom. The van der Waals surface area contributed by atoms with Crippen LogP contribution in [0, 0.1) is 0 Å². The average Bonchev–Trinajstić information content (AvgIpc) is 2.94. The molecule has 4 nitrogen and oxygen atoms in total. The average molecular weight is 379 g/mol. The van der Waals surface area contributed by atoms with E-state index in [1.165, 1.54) is 17.5 Å². The first-order valence-corrected chi connectivity index (χ1v) is 8.47. The van der Waals surface area contributed by atoms with E-state index < -0.39 is 0 Å². The van der Waals surface area contributed by atoms with E-state index in [1.807, 2.05) is 24.3 Å². The normalized spacial score (nSPS) is 10.9. The van der Waals surface area contributed by atoms with Crippen LogP contribution in [0.2, 0.25) is 0 Å². The Kier molecular flexibility index (Phi) is 4.59. The van der Waals surface area contributed by atoms with Crippen molar-refractivity contribution < 1.29 is 9.26 Å². The van der Waals surface area contributed by atoms with Gasteiger partial charge in [-0.2, -0.15) is 0 Å². The van der Waals surface area contributed by atoms with E-state index in [1.54, 1.807) is 7.11 Å². The highest BCUT2D eigenvalue weighted by Crippen LogP contribution is 2.33. The van der Waals surface area contributed by atoms with Crippen LogP contribution in [-0.2, 0) is 6.42 Å². The molecule has 0 bridgehead atoms. The van der Waals surface area contributed by atoms with Crippen LogP contribution in [0.25, 0.3) is 11.0 Å². The maximum atomic E-state index is 5.41. The smallest absolute Gasteiger partial charge is 0.187 e. The molecule has 0 atom stereocenters. The van der Waals surface area contributed by atoms with E-state index in [4.69, 9.17) is 9.26 Å². The minimum absolute atomic E-state index is 0.699. The van der Waals surface area contributed by atoms with Gasteiger partial charge in [-0.15, -0.1) is 0 Å². The van der Waals surface area contributed by atoms with Gasteiger partial charge in [-0.25, -0.2) is 0 Å². The maximum absolute atomic E-state index is 5.41. The van der Waals surface area contributed by atoms with Crippen LogP contribution in [0.3, 0.4) is 0 Å². The summed E-state index contributed by atoms with van der Waals surface area (Å²) in [7, 11) is 1.67. The summed E-state index contributed by atoms with van der Waals surface area (Å²) >= 11 is 4.93. The lowest BCUT2D eigenvalue weighted by Gasteiger charge is -2.09. The first-order valence-electron chi connectivity index (χ1n) is 6.86. The molecule has 3 aromatic rings. The van der Waals surface area contributed by atoms with Crippen molar-refractivity contribution in [1.82, 2.24) is 5.16 Å². The molecule has 0 saturated carbocycles. The lowest BCUT2D eigenvalue weighted by molar-refractivity contribution is 0.404. The maximum Gasteiger partial charge on any atom is 0.187 e. The van der Waals surface area contributed by atoms with Gasteiger partial charge in [-0.3, -0.25) is 0 Å².